The Morgan fingerprint density at radius 3 is 2.42 bits per heavy atom. The normalized spacial score (nSPS) is 12.0. The fraction of sp³-hybridized carbons (Fsp3) is 0.212. The molecule has 7 heteroatoms. The summed E-state index contributed by atoms with van der Waals surface area (Å²) in [5.41, 5.74) is 4.32. The molecule has 4 aromatic carbocycles. The van der Waals surface area contributed by atoms with E-state index < -0.39 is 6.04 Å². The number of hydrogen-bond acceptors (Lipinski definition) is 3. The van der Waals surface area contributed by atoms with Crippen LogP contribution in [0.1, 0.15) is 16.8 Å². The number of nitrogens with zero attached hydrogens (tertiary/aromatic N) is 2. The van der Waals surface area contributed by atoms with Gasteiger partial charge in [-0.15, -0.1) is 0 Å². The van der Waals surface area contributed by atoms with E-state index in [0.29, 0.717) is 17.9 Å². The summed E-state index contributed by atoms with van der Waals surface area (Å²) in [6, 6.07) is 28.4. The Kier molecular flexibility index (Phi) is 8.19. The third-order valence-electron chi connectivity index (χ3n) is 7.46. The molecule has 1 atom stereocenters. The summed E-state index contributed by atoms with van der Waals surface area (Å²) in [6.07, 6.45) is 0.794. The summed E-state index contributed by atoms with van der Waals surface area (Å²) in [5, 5.41) is 16.2. The molecule has 40 heavy (non-hydrogen) atoms. The molecule has 0 aliphatic carbocycles. The van der Waals surface area contributed by atoms with Crippen LogP contribution in [0.25, 0.3) is 21.7 Å². The topological polar surface area (TPSA) is 74.6 Å². The van der Waals surface area contributed by atoms with E-state index in [1.807, 2.05) is 102 Å². The third kappa shape index (κ3) is 5.60. The molecule has 0 unspecified atom stereocenters. The minimum absolute atomic E-state index is 0.0202. The van der Waals surface area contributed by atoms with E-state index in [2.05, 4.69) is 5.32 Å². The van der Waals surface area contributed by atoms with Gasteiger partial charge in [-0.2, -0.15) is 0 Å². The van der Waals surface area contributed by atoms with E-state index >= 15 is 0 Å². The van der Waals surface area contributed by atoms with Crippen molar-refractivity contribution < 1.29 is 14.7 Å². The molecule has 2 N–H and O–H groups in total. The number of aliphatic hydroxyl groups excluding tert-OH is 1. The third-order valence-corrected chi connectivity index (χ3v) is 7.77. The number of benzene rings is 4. The van der Waals surface area contributed by atoms with Crippen LogP contribution >= 0.6 is 11.6 Å². The SMILES string of the molecule is Cc1c(CCO)c2c(Cl)cccc2n1CC(=O)N[C@@H](Cc1ccccc1)C(=O)N(C)c1ccc2ccccc2c1. The number of amides is 2. The van der Waals surface area contributed by atoms with Gasteiger partial charge in [-0.1, -0.05) is 78.3 Å². The van der Waals surface area contributed by atoms with Gasteiger partial charge in [0.2, 0.25) is 11.8 Å². The van der Waals surface area contributed by atoms with Crippen molar-refractivity contribution in [1.82, 2.24) is 9.88 Å². The van der Waals surface area contributed by atoms with E-state index in [0.717, 1.165) is 44.2 Å². The Morgan fingerprint density at radius 1 is 0.950 bits per heavy atom. The Labute approximate surface area is 238 Å². The van der Waals surface area contributed by atoms with Gasteiger partial charge >= 0.3 is 0 Å². The van der Waals surface area contributed by atoms with Crippen LogP contribution in [-0.2, 0) is 29.0 Å². The van der Waals surface area contributed by atoms with Gasteiger partial charge in [0.25, 0.3) is 0 Å². The number of carbonyl (C=O) groups excluding carboxylic acids is 2. The predicted molar refractivity (Wildman–Crippen MR) is 162 cm³/mol. The van der Waals surface area contributed by atoms with Gasteiger partial charge in [0, 0.05) is 36.8 Å². The highest BCUT2D eigenvalue weighted by molar-refractivity contribution is 6.35. The lowest BCUT2D eigenvalue weighted by molar-refractivity contribution is -0.127. The standard InChI is InChI=1S/C33H32ClN3O3/c1-22-27(17-18-38)32-28(34)13-8-14-30(32)37(22)21-31(39)35-29(19-23-9-4-3-5-10-23)33(40)36(2)26-16-15-24-11-6-7-12-25(24)20-26/h3-16,20,29,38H,17-19,21H2,1-2H3,(H,35,39)/t29-/m0/s1. The molecular weight excluding hydrogens is 522 g/mol. The highest BCUT2D eigenvalue weighted by atomic mass is 35.5. The first-order valence-corrected chi connectivity index (χ1v) is 13.7. The lowest BCUT2D eigenvalue weighted by Crippen LogP contribution is -2.49. The largest absolute Gasteiger partial charge is 0.396 e. The molecule has 204 valence electrons. The summed E-state index contributed by atoms with van der Waals surface area (Å²) < 4.78 is 1.90. The molecule has 0 aliphatic heterocycles. The van der Waals surface area contributed by atoms with E-state index in [1.54, 1.807) is 11.9 Å². The van der Waals surface area contributed by atoms with Crippen LogP contribution in [0.2, 0.25) is 5.02 Å². The molecule has 0 bridgehead atoms. The van der Waals surface area contributed by atoms with Gasteiger partial charge in [0.05, 0.1) is 10.5 Å². The highest BCUT2D eigenvalue weighted by Crippen LogP contribution is 2.32. The first kappa shape index (κ1) is 27.4. The second-order valence-electron chi connectivity index (χ2n) is 10.00. The van der Waals surface area contributed by atoms with Crippen molar-refractivity contribution in [3.05, 3.63) is 113 Å². The summed E-state index contributed by atoms with van der Waals surface area (Å²) in [4.78, 5) is 29.0. The maximum atomic E-state index is 13.8. The Balaban J connectivity index is 1.43. The zero-order valence-electron chi connectivity index (χ0n) is 22.6. The first-order chi connectivity index (χ1) is 19.4. The Morgan fingerprint density at radius 2 is 1.68 bits per heavy atom. The van der Waals surface area contributed by atoms with Crippen LogP contribution in [0.4, 0.5) is 5.69 Å². The second-order valence-corrected chi connectivity index (χ2v) is 10.4. The molecule has 0 saturated carbocycles. The molecule has 5 rings (SSSR count). The van der Waals surface area contributed by atoms with E-state index in [-0.39, 0.29) is 25.0 Å². The monoisotopic (exact) mass is 553 g/mol. The van der Waals surface area contributed by atoms with Crippen LogP contribution < -0.4 is 10.2 Å². The number of nitrogens with one attached hydrogen (secondary N) is 1. The quantitative estimate of drug-likeness (QED) is 0.246. The van der Waals surface area contributed by atoms with Gasteiger partial charge in [-0.3, -0.25) is 9.59 Å². The second kappa shape index (κ2) is 11.9. The number of aromatic nitrogens is 1. The van der Waals surface area contributed by atoms with Crippen LogP contribution in [0.15, 0.2) is 91.0 Å². The molecule has 0 radical (unpaired) electrons. The van der Waals surface area contributed by atoms with Crippen LogP contribution in [0.5, 0.6) is 0 Å². The number of aliphatic hydroxyl groups is 1. The molecule has 1 heterocycles. The minimum Gasteiger partial charge on any atom is -0.396 e. The lowest BCUT2D eigenvalue weighted by atomic mass is 10.0. The molecule has 1 aromatic heterocycles. The molecule has 6 nitrogen and oxygen atoms in total. The van der Waals surface area contributed by atoms with Gasteiger partial charge in [0.15, 0.2) is 0 Å². The number of anilines is 1. The smallest absolute Gasteiger partial charge is 0.249 e. The van der Waals surface area contributed by atoms with Gasteiger partial charge in [-0.05, 0) is 59.5 Å². The summed E-state index contributed by atoms with van der Waals surface area (Å²) >= 11 is 6.52. The molecule has 0 fully saturated rings. The van der Waals surface area contributed by atoms with Crippen molar-refractivity contribution in [2.45, 2.75) is 32.4 Å². The molecule has 5 aromatic rings. The maximum Gasteiger partial charge on any atom is 0.249 e. The van der Waals surface area contributed by atoms with Crippen molar-refractivity contribution in [3.63, 3.8) is 0 Å². The number of fused-ring (bicyclic) bond motifs is 2. The summed E-state index contributed by atoms with van der Waals surface area (Å²) in [5.74, 6) is -0.484. The fourth-order valence-corrected chi connectivity index (χ4v) is 5.65. The van der Waals surface area contributed by atoms with Crippen molar-refractivity contribution in [1.29, 1.82) is 0 Å². The van der Waals surface area contributed by atoms with Crippen LogP contribution in [0.3, 0.4) is 0 Å². The van der Waals surface area contributed by atoms with Crippen molar-refractivity contribution in [2.24, 2.45) is 0 Å². The first-order valence-electron chi connectivity index (χ1n) is 13.3. The van der Waals surface area contributed by atoms with Gasteiger partial charge in [0.1, 0.15) is 12.6 Å². The van der Waals surface area contributed by atoms with Gasteiger partial charge < -0.3 is 19.9 Å². The van der Waals surface area contributed by atoms with Crippen molar-refractivity contribution in [3.8, 4) is 0 Å². The lowest BCUT2D eigenvalue weighted by Gasteiger charge is -2.25. The minimum atomic E-state index is -0.769. The Hall–Kier alpha value is -4.13. The predicted octanol–water partition coefficient (Wildman–Crippen LogP) is 5.68. The maximum absolute atomic E-state index is 13.8. The van der Waals surface area contributed by atoms with Crippen LogP contribution in [-0.4, -0.2) is 41.2 Å². The average Bonchev–Trinajstić information content (AvgIpc) is 3.23. The van der Waals surface area contributed by atoms with Crippen molar-refractivity contribution in [2.75, 3.05) is 18.6 Å². The molecule has 0 spiro atoms. The number of halogens is 1. The van der Waals surface area contributed by atoms with E-state index in [1.165, 1.54) is 0 Å². The van der Waals surface area contributed by atoms with Crippen molar-refractivity contribution >= 4 is 50.8 Å². The van der Waals surface area contributed by atoms with E-state index in [4.69, 9.17) is 11.6 Å². The summed E-state index contributed by atoms with van der Waals surface area (Å²) in [7, 11) is 1.74. The average molecular weight is 554 g/mol. The zero-order valence-corrected chi connectivity index (χ0v) is 23.4. The van der Waals surface area contributed by atoms with Gasteiger partial charge in [-0.25, -0.2) is 0 Å². The molecular formula is C33H32ClN3O3. The fourth-order valence-electron chi connectivity index (χ4n) is 5.36. The van der Waals surface area contributed by atoms with E-state index in [9.17, 15) is 14.7 Å². The zero-order chi connectivity index (χ0) is 28.2. The molecule has 2 amide bonds. The number of likely N-dealkylation sites (N-methyl/N-ethyl adjacent to an activating group) is 1. The van der Waals surface area contributed by atoms with Crippen LogP contribution in [0, 0.1) is 6.92 Å². The number of hydrogen-bond donors (Lipinski definition) is 2. The highest BCUT2D eigenvalue weighted by Gasteiger charge is 2.26. The number of carbonyl (C=O) groups is 2. The molecule has 0 aliphatic rings. The number of rotatable bonds is 9. The molecule has 0 saturated heterocycles. The summed E-state index contributed by atoms with van der Waals surface area (Å²) in [6.45, 7) is 1.92. The Bertz CT molecular complexity index is 1680.